The molecule has 0 spiro atoms. The number of methoxy groups -OCH3 is 1. The molecule has 1 heterocycles. The first-order valence-electron chi connectivity index (χ1n) is 8.70. The first-order valence-corrected chi connectivity index (χ1v) is 9.07. The number of carbonyl (C=O) groups is 1. The van der Waals surface area contributed by atoms with E-state index in [1.807, 2.05) is 24.3 Å². The van der Waals surface area contributed by atoms with E-state index in [1.165, 1.54) is 5.56 Å². The van der Waals surface area contributed by atoms with E-state index in [0.29, 0.717) is 35.1 Å². The summed E-state index contributed by atoms with van der Waals surface area (Å²) in [5.74, 6) is 0.575. The number of urea groups is 1. The van der Waals surface area contributed by atoms with Gasteiger partial charge in [-0.2, -0.15) is 5.26 Å². The van der Waals surface area contributed by atoms with Gasteiger partial charge in [-0.25, -0.2) is 4.79 Å². The Kier molecular flexibility index (Phi) is 6.17. The van der Waals surface area contributed by atoms with Gasteiger partial charge < -0.3 is 15.0 Å². The maximum Gasteiger partial charge on any atom is 0.321 e. The van der Waals surface area contributed by atoms with Gasteiger partial charge in [-0.15, -0.1) is 0 Å². The number of piperazine rings is 1. The van der Waals surface area contributed by atoms with E-state index < -0.39 is 0 Å². The molecule has 0 unspecified atom stereocenters. The minimum atomic E-state index is -0.130. The van der Waals surface area contributed by atoms with Gasteiger partial charge in [-0.3, -0.25) is 4.90 Å². The highest BCUT2D eigenvalue weighted by molar-refractivity contribution is 6.32. The molecule has 1 aliphatic rings. The number of nitrogens with zero attached hydrogens (tertiary/aromatic N) is 3. The predicted octanol–water partition coefficient (Wildman–Crippen LogP) is 3.57. The van der Waals surface area contributed by atoms with Crippen LogP contribution in [0.3, 0.4) is 0 Å². The van der Waals surface area contributed by atoms with Crippen LogP contribution in [0.5, 0.6) is 5.75 Å². The third kappa shape index (κ3) is 4.91. The number of nitriles is 1. The quantitative estimate of drug-likeness (QED) is 0.874. The lowest BCUT2D eigenvalue weighted by Crippen LogP contribution is -2.49. The molecular weight excluding hydrogens is 364 g/mol. The molecule has 27 heavy (non-hydrogen) atoms. The molecule has 2 aromatic rings. The lowest BCUT2D eigenvalue weighted by Gasteiger charge is -2.34. The molecule has 0 atom stereocenters. The number of hydrogen-bond donors (Lipinski definition) is 1. The smallest absolute Gasteiger partial charge is 0.321 e. The van der Waals surface area contributed by atoms with Crippen molar-refractivity contribution in [2.75, 3.05) is 38.6 Å². The average Bonchev–Trinajstić information content (AvgIpc) is 2.69. The zero-order valence-electron chi connectivity index (χ0n) is 15.1. The first-order chi connectivity index (χ1) is 13.1. The van der Waals surface area contributed by atoms with Gasteiger partial charge in [-0.1, -0.05) is 23.7 Å². The van der Waals surface area contributed by atoms with Gasteiger partial charge >= 0.3 is 6.03 Å². The highest BCUT2D eigenvalue weighted by atomic mass is 35.5. The number of amides is 2. The van der Waals surface area contributed by atoms with Crippen LogP contribution in [0.1, 0.15) is 11.1 Å². The number of rotatable bonds is 4. The van der Waals surface area contributed by atoms with Crippen LogP contribution >= 0.6 is 11.6 Å². The summed E-state index contributed by atoms with van der Waals surface area (Å²) in [4.78, 5) is 16.6. The third-order valence-electron chi connectivity index (χ3n) is 4.55. The Bertz CT molecular complexity index is 840. The van der Waals surface area contributed by atoms with Crippen molar-refractivity contribution in [1.82, 2.24) is 9.80 Å². The Labute approximate surface area is 163 Å². The van der Waals surface area contributed by atoms with Crippen molar-refractivity contribution in [3.8, 4) is 11.8 Å². The second-order valence-corrected chi connectivity index (χ2v) is 6.76. The number of benzene rings is 2. The van der Waals surface area contributed by atoms with Crippen molar-refractivity contribution in [3.05, 3.63) is 58.6 Å². The van der Waals surface area contributed by atoms with Crippen molar-refractivity contribution in [1.29, 1.82) is 5.26 Å². The summed E-state index contributed by atoms with van der Waals surface area (Å²) in [5.41, 5.74) is 2.48. The number of halogens is 1. The van der Waals surface area contributed by atoms with Crippen LogP contribution in [0.2, 0.25) is 5.02 Å². The minimum absolute atomic E-state index is 0.130. The van der Waals surface area contributed by atoms with Crippen LogP contribution in [-0.2, 0) is 6.54 Å². The van der Waals surface area contributed by atoms with Crippen LogP contribution in [0, 0.1) is 11.3 Å². The molecular formula is C20H21ClN4O2. The zero-order chi connectivity index (χ0) is 19.2. The molecule has 0 radical (unpaired) electrons. The summed E-state index contributed by atoms with van der Waals surface area (Å²) in [6.07, 6.45) is 0. The second kappa shape index (κ2) is 8.76. The summed E-state index contributed by atoms with van der Waals surface area (Å²) >= 11 is 6.10. The Balaban J connectivity index is 1.50. The van der Waals surface area contributed by atoms with Gasteiger partial charge in [0.1, 0.15) is 5.75 Å². The Morgan fingerprint density at radius 2 is 1.89 bits per heavy atom. The Hall–Kier alpha value is -2.75. The molecule has 2 amide bonds. The highest BCUT2D eigenvalue weighted by Gasteiger charge is 2.21. The van der Waals surface area contributed by atoms with Gasteiger partial charge in [0, 0.05) is 38.4 Å². The topological polar surface area (TPSA) is 68.6 Å². The van der Waals surface area contributed by atoms with Gasteiger partial charge in [0.15, 0.2) is 0 Å². The van der Waals surface area contributed by atoms with Gasteiger partial charge in [-0.05, 0) is 35.9 Å². The SMILES string of the molecule is COc1ccc(NC(=O)N2CCN(Cc3ccc(C#N)cc3)CC2)cc1Cl. The van der Waals surface area contributed by atoms with E-state index in [0.717, 1.165) is 19.6 Å². The second-order valence-electron chi connectivity index (χ2n) is 6.35. The normalized spacial score (nSPS) is 14.5. The van der Waals surface area contributed by atoms with Crippen molar-refractivity contribution in [3.63, 3.8) is 0 Å². The number of anilines is 1. The van der Waals surface area contributed by atoms with Crippen LogP contribution in [0.15, 0.2) is 42.5 Å². The Morgan fingerprint density at radius 1 is 1.19 bits per heavy atom. The molecule has 0 saturated carbocycles. The highest BCUT2D eigenvalue weighted by Crippen LogP contribution is 2.27. The molecule has 2 aromatic carbocycles. The van der Waals surface area contributed by atoms with Gasteiger partial charge in [0.05, 0.1) is 23.8 Å². The molecule has 1 saturated heterocycles. The zero-order valence-corrected chi connectivity index (χ0v) is 15.9. The lowest BCUT2D eigenvalue weighted by molar-refractivity contribution is 0.143. The minimum Gasteiger partial charge on any atom is -0.495 e. The van der Waals surface area contributed by atoms with Gasteiger partial charge in [0.25, 0.3) is 0 Å². The fraction of sp³-hybridized carbons (Fsp3) is 0.300. The summed E-state index contributed by atoms with van der Waals surface area (Å²) in [6, 6.07) is 14.8. The molecule has 7 heteroatoms. The first kappa shape index (κ1) is 19.0. The maximum absolute atomic E-state index is 12.5. The van der Waals surface area contributed by atoms with Crippen LogP contribution in [-0.4, -0.2) is 49.1 Å². The summed E-state index contributed by atoms with van der Waals surface area (Å²) in [7, 11) is 1.55. The largest absolute Gasteiger partial charge is 0.495 e. The predicted molar refractivity (Wildman–Crippen MR) is 105 cm³/mol. The maximum atomic E-state index is 12.5. The molecule has 0 aromatic heterocycles. The van der Waals surface area contributed by atoms with E-state index in [1.54, 1.807) is 30.2 Å². The molecule has 1 fully saturated rings. The molecule has 1 aliphatic heterocycles. The summed E-state index contributed by atoms with van der Waals surface area (Å²) < 4.78 is 5.12. The molecule has 0 aliphatic carbocycles. The summed E-state index contributed by atoms with van der Waals surface area (Å²) in [6.45, 7) is 3.74. The van der Waals surface area contributed by atoms with Crippen LogP contribution < -0.4 is 10.1 Å². The average molecular weight is 385 g/mol. The fourth-order valence-electron chi connectivity index (χ4n) is 3.00. The summed E-state index contributed by atoms with van der Waals surface area (Å²) in [5, 5.41) is 12.2. The van der Waals surface area contributed by atoms with Crippen molar-refractivity contribution < 1.29 is 9.53 Å². The van der Waals surface area contributed by atoms with Crippen LogP contribution in [0.25, 0.3) is 0 Å². The van der Waals surface area contributed by atoms with Crippen molar-refractivity contribution in [2.24, 2.45) is 0 Å². The lowest BCUT2D eigenvalue weighted by atomic mass is 10.1. The third-order valence-corrected chi connectivity index (χ3v) is 4.85. The molecule has 1 N–H and O–H groups in total. The number of nitrogens with one attached hydrogen (secondary N) is 1. The number of carbonyl (C=O) groups excluding carboxylic acids is 1. The molecule has 0 bridgehead atoms. The number of hydrogen-bond acceptors (Lipinski definition) is 4. The fourth-order valence-corrected chi connectivity index (χ4v) is 3.26. The molecule has 3 rings (SSSR count). The van der Waals surface area contributed by atoms with E-state index >= 15 is 0 Å². The van der Waals surface area contributed by atoms with E-state index in [-0.39, 0.29) is 6.03 Å². The standard InChI is InChI=1S/C20H21ClN4O2/c1-27-19-7-6-17(12-18(19)21)23-20(26)25-10-8-24(9-11-25)14-16-4-2-15(13-22)3-5-16/h2-7,12H,8-11,14H2,1H3,(H,23,26). The van der Waals surface area contributed by atoms with Crippen molar-refractivity contribution >= 4 is 23.3 Å². The molecule has 6 nitrogen and oxygen atoms in total. The monoisotopic (exact) mass is 384 g/mol. The van der Waals surface area contributed by atoms with E-state index in [2.05, 4.69) is 16.3 Å². The van der Waals surface area contributed by atoms with Gasteiger partial charge in [0.2, 0.25) is 0 Å². The van der Waals surface area contributed by atoms with Crippen molar-refractivity contribution in [2.45, 2.75) is 6.54 Å². The van der Waals surface area contributed by atoms with E-state index in [9.17, 15) is 4.79 Å². The molecule has 140 valence electrons. The van der Waals surface area contributed by atoms with E-state index in [4.69, 9.17) is 21.6 Å². The number of ether oxygens (including phenoxy) is 1. The Morgan fingerprint density at radius 3 is 2.48 bits per heavy atom. The van der Waals surface area contributed by atoms with Crippen LogP contribution in [0.4, 0.5) is 10.5 Å².